The van der Waals surface area contributed by atoms with Crippen LogP contribution in [0.2, 0.25) is 0 Å². The zero-order valence-corrected chi connectivity index (χ0v) is 14.2. The lowest BCUT2D eigenvalue weighted by Crippen LogP contribution is -2.32. The van der Waals surface area contributed by atoms with Gasteiger partial charge in [-0.15, -0.1) is 10.2 Å². The van der Waals surface area contributed by atoms with Gasteiger partial charge in [0.2, 0.25) is 11.0 Å². The molecule has 1 aliphatic heterocycles. The molecule has 0 saturated carbocycles. The summed E-state index contributed by atoms with van der Waals surface area (Å²) in [6, 6.07) is 10.0. The van der Waals surface area contributed by atoms with Gasteiger partial charge in [0.25, 0.3) is 0 Å². The number of carbonyl (C=O) groups excluding carboxylic acids is 1. The van der Waals surface area contributed by atoms with Crippen LogP contribution in [0.5, 0.6) is 0 Å². The van der Waals surface area contributed by atoms with E-state index < -0.39 is 5.41 Å². The lowest BCUT2D eigenvalue weighted by atomic mass is 9.85. The van der Waals surface area contributed by atoms with Crippen molar-refractivity contribution in [1.82, 2.24) is 10.2 Å². The normalized spacial score (nSPS) is 18.1. The van der Waals surface area contributed by atoms with Gasteiger partial charge in [0.1, 0.15) is 11.1 Å². The lowest BCUT2D eigenvalue weighted by molar-refractivity contribution is -0.123. The highest BCUT2D eigenvalue weighted by molar-refractivity contribution is 7.15. The summed E-state index contributed by atoms with van der Waals surface area (Å²) in [4.78, 5) is 12.6. The number of nitrogens with zero attached hydrogens (tertiary/aromatic N) is 2. The molecule has 0 radical (unpaired) electrons. The van der Waals surface area contributed by atoms with Gasteiger partial charge in [0.15, 0.2) is 0 Å². The van der Waals surface area contributed by atoms with Crippen molar-refractivity contribution >= 4 is 22.4 Å². The van der Waals surface area contributed by atoms with Crippen molar-refractivity contribution in [2.45, 2.75) is 39.2 Å². The Bertz CT molecular complexity index is 663. The van der Waals surface area contributed by atoms with Crippen LogP contribution < -0.4 is 5.32 Å². The number of anilines is 1. The van der Waals surface area contributed by atoms with Crippen molar-refractivity contribution in [2.75, 3.05) is 11.9 Å². The second kappa shape index (κ2) is 6.76. The van der Waals surface area contributed by atoms with Gasteiger partial charge in [-0.2, -0.15) is 0 Å². The smallest absolute Gasteiger partial charge is 0.232 e. The zero-order chi connectivity index (χ0) is 16.3. The minimum atomic E-state index is -0.517. The maximum absolute atomic E-state index is 12.6. The fourth-order valence-electron chi connectivity index (χ4n) is 2.64. The first kappa shape index (κ1) is 16.1. The van der Waals surface area contributed by atoms with Gasteiger partial charge >= 0.3 is 0 Å². The van der Waals surface area contributed by atoms with Crippen LogP contribution >= 0.6 is 11.3 Å². The number of hydrogen-bond donors (Lipinski definition) is 1. The molecule has 1 atom stereocenters. The molecule has 6 heteroatoms. The number of aromatic nitrogens is 2. The minimum absolute atomic E-state index is 0.0375. The average molecular weight is 331 g/mol. The van der Waals surface area contributed by atoms with Crippen molar-refractivity contribution in [2.24, 2.45) is 5.41 Å². The number of rotatable bonds is 5. The second-order valence-corrected chi connectivity index (χ2v) is 7.46. The molecule has 1 fully saturated rings. The van der Waals surface area contributed by atoms with E-state index in [9.17, 15) is 4.79 Å². The molecule has 1 N–H and O–H groups in total. The molecule has 0 aliphatic carbocycles. The van der Waals surface area contributed by atoms with Gasteiger partial charge in [0.05, 0.1) is 0 Å². The first-order valence-electron chi connectivity index (χ1n) is 7.85. The van der Waals surface area contributed by atoms with E-state index in [0.29, 0.717) is 11.6 Å². The van der Waals surface area contributed by atoms with Gasteiger partial charge in [-0.1, -0.05) is 55.5 Å². The highest BCUT2D eigenvalue weighted by Crippen LogP contribution is 2.32. The van der Waals surface area contributed by atoms with Gasteiger partial charge in [-0.3, -0.25) is 4.79 Å². The molecule has 23 heavy (non-hydrogen) atoms. The van der Waals surface area contributed by atoms with Crippen LogP contribution in [0.15, 0.2) is 30.3 Å². The van der Waals surface area contributed by atoms with Gasteiger partial charge < -0.3 is 10.1 Å². The van der Waals surface area contributed by atoms with Crippen molar-refractivity contribution < 1.29 is 9.53 Å². The molecule has 5 nitrogen and oxygen atoms in total. The Morgan fingerprint density at radius 3 is 2.83 bits per heavy atom. The standard InChI is InChI=1S/C17H21N3O2S/c1-17(2,11-12-7-4-3-5-8-12)15(21)18-16-20-19-14(23-16)13-9-6-10-22-13/h3-5,7-8,13H,6,9-11H2,1-2H3,(H,18,20,21). The van der Waals surface area contributed by atoms with Crippen molar-refractivity contribution in [3.8, 4) is 0 Å². The molecular formula is C17H21N3O2S. The molecule has 1 amide bonds. The third-order valence-corrected chi connectivity index (χ3v) is 4.90. The summed E-state index contributed by atoms with van der Waals surface area (Å²) in [6.45, 7) is 4.66. The maximum Gasteiger partial charge on any atom is 0.232 e. The van der Waals surface area contributed by atoms with Gasteiger partial charge in [-0.05, 0) is 24.8 Å². The Labute approximate surface area is 140 Å². The molecule has 1 aromatic carbocycles. The Balaban J connectivity index is 1.63. The van der Waals surface area contributed by atoms with Crippen LogP contribution in [0.4, 0.5) is 5.13 Å². The van der Waals surface area contributed by atoms with Crippen LogP contribution in [0.3, 0.4) is 0 Å². The van der Waals surface area contributed by atoms with Crippen LogP contribution in [0.25, 0.3) is 0 Å². The maximum atomic E-state index is 12.6. The topological polar surface area (TPSA) is 64.1 Å². The zero-order valence-electron chi connectivity index (χ0n) is 13.4. The van der Waals surface area contributed by atoms with E-state index >= 15 is 0 Å². The number of ether oxygens (including phenoxy) is 1. The molecule has 1 aromatic heterocycles. The first-order chi connectivity index (χ1) is 11.0. The quantitative estimate of drug-likeness (QED) is 0.909. The fourth-order valence-corrected chi connectivity index (χ4v) is 3.46. The lowest BCUT2D eigenvalue weighted by Gasteiger charge is -2.22. The molecule has 1 aliphatic rings. The molecule has 0 bridgehead atoms. The summed E-state index contributed by atoms with van der Waals surface area (Å²) < 4.78 is 5.60. The summed E-state index contributed by atoms with van der Waals surface area (Å²) >= 11 is 1.40. The number of benzene rings is 1. The van der Waals surface area contributed by atoms with E-state index in [1.165, 1.54) is 11.3 Å². The third kappa shape index (κ3) is 3.95. The predicted octanol–water partition coefficient (Wildman–Crippen LogP) is 3.60. The average Bonchev–Trinajstić information content (AvgIpc) is 3.18. The predicted molar refractivity (Wildman–Crippen MR) is 90.4 cm³/mol. The van der Waals surface area contributed by atoms with Crippen molar-refractivity contribution in [1.29, 1.82) is 0 Å². The monoisotopic (exact) mass is 331 g/mol. The van der Waals surface area contributed by atoms with E-state index in [1.54, 1.807) is 0 Å². The summed E-state index contributed by atoms with van der Waals surface area (Å²) in [6.07, 6.45) is 2.74. The first-order valence-corrected chi connectivity index (χ1v) is 8.67. The molecule has 2 aromatic rings. The highest BCUT2D eigenvalue weighted by atomic mass is 32.1. The molecular weight excluding hydrogens is 310 g/mol. The number of nitrogens with one attached hydrogen (secondary N) is 1. The van der Waals surface area contributed by atoms with Gasteiger partial charge in [0, 0.05) is 12.0 Å². The molecule has 3 rings (SSSR count). The number of hydrogen-bond acceptors (Lipinski definition) is 5. The Kier molecular flexibility index (Phi) is 4.73. The van der Waals surface area contributed by atoms with Gasteiger partial charge in [-0.25, -0.2) is 0 Å². The van der Waals surface area contributed by atoms with Crippen LogP contribution in [0, 0.1) is 5.41 Å². The summed E-state index contributed by atoms with van der Waals surface area (Å²) in [5, 5.41) is 12.5. The molecule has 2 heterocycles. The second-order valence-electron chi connectivity index (χ2n) is 6.45. The number of amides is 1. The Morgan fingerprint density at radius 1 is 1.35 bits per heavy atom. The van der Waals surface area contributed by atoms with Crippen molar-refractivity contribution in [3.05, 3.63) is 40.9 Å². The van der Waals surface area contributed by atoms with Crippen LogP contribution in [0.1, 0.15) is 43.4 Å². The minimum Gasteiger partial charge on any atom is -0.371 e. The van der Waals surface area contributed by atoms with E-state index in [2.05, 4.69) is 15.5 Å². The fraction of sp³-hybridized carbons (Fsp3) is 0.471. The summed E-state index contributed by atoms with van der Waals surface area (Å²) in [5.74, 6) is -0.0450. The highest BCUT2D eigenvalue weighted by Gasteiger charge is 2.29. The molecule has 0 spiro atoms. The summed E-state index contributed by atoms with van der Waals surface area (Å²) in [5.41, 5.74) is 0.627. The molecule has 122 valence electrons. The van der Waals surface area contributed by atoms with Crippen molar-refractivity contribution in [3.63, 3.8) is 0 Å². The molecule has 1 unspecified atom stereocenters. The van der Waals surface area contributed by atoms with E-state index in [1.807, 2.05) is 44.2 Å². The summed E-state index contributed by atoms with van der Waals surface area (Å²) in [7, 11) is 0. The molecule has 1 saturated heterocycles. The SMILES string of the molecule is CC(C)(Cc1ccccc1)C(=O)Nc1nnc(C2CCCO2)s1. The Hall–Kier alpha value is -1.79. The van der Waals surface area contributed by atoms with E-state index in [4.69, 9.17) is 4.74 Å². The largest absolute Gasteiger partial charge is 0.371 e. The van der Waals surface area contributed by atoms with E-state index in [0.717, 1.165) is 30.0 Å². The Morgan fingerprint density at radius 2 is 2.13 bits per heavy atom. The third-order valence-electron chi connectivity index (χ3n) is 3.97. The van der Waals surface area contributed by atoms with E-state index in [-0.39, 0.29) is 12.0 Å². The van der Waals surface area contributed by atoms with Crippen LogP contribution in [-0.2, 0) is 16.0 Å². The number of carbonyl (C=O) groups is 1. The van der Waals surface area contributed by atoms with Crippen LogP contribution in [-0.4, -0.2) is 22.7 Å².